The fourth-order valence-electron chi connectivity index (χ4n) is 2.11. The quantitative estimate of drug-likeness (QED) is 0.598. The summed E-state index contributed by atoms with van der Waals surface area (Å²) in [6.07, 6.45) is 0.840. The van der Waals surface area contributed by atoms with Crippen molar-refractivity contribution in [3.8, 4) is 0 Å². The Labute approximate surface area is 117 Å². The van der Waals surface area contributed by atoms with Crippen LogP contribution in [-0.2, 0) is 16.4 Å². The van der Waals surface area contributed by atoms with Crippen LogP contribution in [0, 0.1) is 0 Å². The molecule has 0 spiro atoms. The highest BCUT2D eigenvalue weighted by atomic mass is 32.2. The molecule has 1 saturated heterocycles. The topological polar surface area (TPSA) is 37.1 Å². The minimum absolute atomic E-state index is 0.189. The lowest BCUT2D eigenvalue weighted by molar-refractivity contribution is 0.552. The molecule has 1 unspecified atom stereocenters. The normalized spacial score (nSPS) is 23.3. The Kier molecular flexibility index (Phi) is 4.18. The maximum absolute atomic E-state index is 12.2. The Balaban J connectivity index is 1.88. The number of benzene rings is 1. The van der Waals surface area contributed by atoms with Crippen LogP contribution in [0.3, 0.4) is 0 Å². The lowest BCUT2D eigenvalue weighted by atomic mass is 10.1. The van der Waals surface area contributed by atoms with E-state index < -0.39 is 18.1 Å². The predicted octanol–water partition coefficient (Wildman–Crippen LogP) is 2.58. The van der Waals surface area contributed by atoms with Crippen LogP contribution in [0.15, 0.2) is 30.3 Å². The fourth-order valence-corrected chi connectivity index (χ4v) is 6.75. The second-order valence-electron chi connectivity index (χ2n) is 6.54. The van der Waals surface area contributed by atoms with Crippen molar-refractivity contribution in [2.45, 2.75) is 38.1 Å². The lowest BCUT2D eigenvalue weighted by Gasteiger charge is -2.15. The van der Waals surface area contributed by atoms with Crippen LogP contribution in [0.1, 0.15) is 5.56 Å². The van der Waals surface area contributed by atoms with Gasteiger partial charge in [-0.15, -0.1) is 0 Å². The zero-order valence-corrected chi connectivity index (χ0v) is 13.8. The predicted molar refractivity (Wildman–Crippen MR) is 82.6 cm³/mol. The third-order valence-electron chi connectivity index (χ3n) is 3.45. The van der Waals surface area contributed by atoms with Gasteiger partial charge in [0.05, 0.1) is 5.75 Å². The van der Waals surface area contributed by atoms with Gasteiger partial charge in [-0.2, -0.15) is 4.31 Å². The average Bonchev–Trinajstić information content (AvgIpc) is 3.07. The first-order chi connectivity index (χ1) is 8.78. The molecule has 2 rings (SSSR count). The van der Waals surface area contributed by atoms with E-state index in [1.54, 1.807) is 4.31 Å². The number of nitrogens with zero attached hydrogens (tertiary/aromatic N) is 1. The highest BCUT2D eigenvalue weighted by Gasteiger charge is 2.43. The molecule has 1 aliphatic heterocycles. The van der Waals surface area contributed by atoms with Gasteiger partial charge in [-0.3, -0.25) is 0 Å². The largest absolute Gasteiger partial charge is 0.214 e. The van der Waals surface area contributed by atoms with Gasteiger partial charge in [0, 0.05) is 20.7 Å². The molecule has 0 amide bonds. The Morgan fingerprint density at radius 1 is 1.21 bits per heavy atom. The molecule has 1 heterocycles. The molecule has 5 heteroatoms. The number of rotatable bonds is 6. The molecule has 0 bridgehead atoms. The Morgan fingerprint density at radius 3 is 2.42 bits per heavy atom. The summed E-state index contributed by atoms with van der Waals surface area (Å²) >= 11 is 0. The molecule has 1 aromatic carbocycles. The molecule has 106 valence electrons. The van der Waals surface area contributed by atoms with Crippen LogP contribution in [-0.4, -0.2) is 39.1 Å². The summed E-state index contributed by atoms with van der Waals surface area (Å²) in [6, 6.07) is 11.1. The van der Waals surface area contributed by atoms with E-state index in [1.165, 1.54) is 5.56 Å². The van der Waals surface area contributed by atoms with Crippen LogP contribution < -0.4 is 0 Å². The minimum Gasteiger partial charge on any atom is -0.212 e. The summed E-state index contributed by atoms with van der Waals surface area (Å²) in [5, 5.41) is 0. The number of sulfonamides is 1. The van der Waals surface area contributed by atoms with E-state index in [1.807, 2.05) is 18.2 Å². The molecular formula is C14H23NO2SSi. The van der Waals surface area contributed by atoms with Gasteiger partial charge in [-0.1, -0.05) is 50.0 Å². The second kappa shape index (κ2) is 5.38. The van der Waals surface area contributed by atoms with Crippen LogP contribution in [0.2, 0.25) is 25.7 Å². The third kappa shape index (κ3) is 4.44. The SMILES string of the molecule is C[Si](C)(C)CCS(=O)(=O)N1C[C@@H]1Cc1ccccc1. The second-order valence-corrected chi connectivity index (χ2v) is 14.2. The van der Waals surface area contributed by atoms with Crippen LogP contribution in [0.5, 0.6) is 0 Å². The highest BCUT2D eigenvalue weighted by Crippen LogP contribution is 2.27. The van der Waals surface area contributed by atoms with E-state index in [-0.39, 0.29) is 6.04 Å². The van der Waals surface area contributed by atoms with Crippen LogP contribution in [0.25, 0.3) is 0 Å². The number of hydrogen-bond donors (Lipinski definition) is 0. The van der Waals surface area contributed by atoms with Crippen molar-refractivity contribution in [3.05, 3.63) is 35.9 Å². The van der Waals surface area contributed by atoms with Crippen molar-refractivity contribution in [3.63, 3.8) is 0 Å². The molecule has 0 radical (unpaired) electrons. The van der Waals surface area contributed by atoms with Crippen molar-refractivity contribution in [1.82, 2.24) is 4.31 Å². The minimum atomic E-state index is -3.02. The molecule has 0 aliphatic carbocycles. The molecule has 19 heavy (non-hydrogen) atoms. The van der Waals surface area contributed by atoms with Crippen molar-refractivity contribution in [2.75, 3.05) is 12.3 Å². The summed E-state index contributed by atoms with van der Waals surface area (Å²) in [5.74, 6) is 0.327. The molecule has 0 saturated carbocycles. The first kappa shape index (κ1) is 14.7. The van der Waals surface area contributed by atoms with E-state index in [0.29, 0.717) is 12.3 Å². The van der Waals surface area contributed by atoms with Crippen molar-refractivity contribution in [1.29, 1.82) is 0 Å². The first-order valence-electron chi connectivity index (χ1n) is 6.81. The highest BCUT2D eigenvalue weighted by molar-refractivity contribution is 7.89. The molecular weight excluding hydrogens is 274 g/mol. The molecule has 1 aromatic rings. The average molecular weight is 297 g/mol. The Morgan fingerprint density at radius 2 is 1.84 bits per heavy atom. The van der Waals surface area contributed by atoms with Gasteiger partial charge < -0.3 is 0 Å². The van der Waals surface area contributed by atoms with E-state index in [9.17, 15) is 8.42 Å². The zero-order chi connectivity index (χ0) is 14.1. The maximum Gasteiger partial charge on any atom is 0.214 e. The summed E-state index contributed by atoms with van der Waals surface area (Å²) in [5.41, 5.74) is 1.22. The van der Waals surface area contributed by atoms with Gasteiger partial charge in [0.15, 0.2) is 0 Å². The van der Waals surface area contributed by atoms with Gasteiger partial charge >= 0.3 is 0 Å². The molecule has 1 fully saturated rings. The molecule has 3 nitrogen and oxygen atoms in total. The van der Waals surface area contributed by atoms with Crippen molar-refractivity contribution in [2.24, 2.45) is 0 Å². The van der Waals surface area contributed by atoms with Gasteiger partial charge in [0.25, 0.3) is 0 Å². The standard InChI is InChI=1S/C14H23NO2SSi/c1-19(2,3)10-9-18(16,17)15-12-14(15)11-13-7-5-4-6-8-13/h4-8,14H,9-12H2,1-3H3/t14-,15?/m0/s1. The molecule has 0 aromatic heterocycles. The monoisotopic (exact) mass is 297 g/mol. The fraction of sp³-hybridized carbons (Fsp3) is 0.571. The summed E-state index contributed by atoms with van der Waals surface area (Å²) < 4.78 is 26.0. The summed E-state index contributed by atoms with van der Waals surface area (Å²) in [6.45, 7) is 7.34. The van der Waals surface area contributed by atoms with Crippen molar-refractivity contribution >= 4 is 18.1 Å². The van der Waals surface area contributed by atoms with E-state index in [4.69, 9.17) is 0 Å². The van der Waals surface area contributed by atoms with Gasteiger partial charge in [0.2, 0.25) is 10.0 Å². The molecule has 1 aliphatic rings. The van der Waals surface area contributed by atoms with Gasteiger partial charge in [-0.05, 0) is 18.0 Å². The Bertz CT molecular complexity index is 522. The smallest absolute Gasteiger partial charge is 0.212 e. The maximum atomic E-state index is 12.2. The van der Waals surface area contributed by atoms with Crippen LogP contribution >= 0.6 is 0 Å². The zero-order valence-electron chi connectivity index (χ0n) is 12.0. The summed E-state index contributed by atoms with van der Waals surface area (Å²) in [7, 11) is -4.31. The Hall–Kier alpha value is -0.653. The van der Waals surface area contributed by atoms with E-state index >= 15 is 0 Å². The molecule has 0 N–H and O–H groups in total. The summed E-state index contributed by atoms with van der Waals surface area (Å²) in [4.78, 5) is 0. The van der Waals surface area contributed by atoms with E-state index in [0.717, 1.165) is 12.5 Å². The van der Waals surface area contributed by atoms with Gasteiger partial charge in [-0.25, -0.2) is 8.42 Å². The van der Waals surface area contributed by atoms with E-state index in [2.05, 4.69) is 31.8 Å². The van der Waals surface area contributed by atoms with Gasteiger partial charge in [0.1, 0.15) is 0 Å². The third-order valence-corrected chi connectivity index (χ3v) is 7.44. The number of hydrogen-bond acceptors (Lipinski definition) is 2. The van der Waals surface area contributed by atoms with Crippen molar-refractivity contribution < 1.29 is 8.42 Å². The molecule has 2 atom stereocenters. The van der Waals surface area contributed by atoms with Crippen LogP contribution in [0.4, 0.5) is 0 Å². The lowest BCUT2D eigenvalue weighted by Crippen LogP contribution is -2.27. The first-order valence-corrected chi connectivity index (χ1v) is 12.1.